The lowest BCUT2D eigenvalue weighted by molar-refractivity contribution is -0.384. The second-order valence-electron chi connectivity index (χ2n) is 5.46. The van der Waals surface area contributed by atoms with Gasteiger partial charge in [0.25, 0.3) is 11.6 Å². The van der Waals surface area contributed by atoms with Crippen molar-refractivity contribution in [2.75, 3.05) is 5.32 Å². The van der Waals surface area contributed by atoms with E-state index in [-0.39, 0.29) is 11.6 Å². The zero-order valence-electron chi connectivity index (χ0n) is 12.8. The minimum Gasteiger partial charge on any atom is -0.360 e. The summed E-state index contributed by atoms with van der Waals surface area (Å²) in [5.41, 5.74) is 2.24. The number of nitrogens with one attached hydrogen (secondary N) is 2. The minimum atomic E-state index is -0.533. The van der Waals surface area contributed by atoms with Crippen molar-refractivity contribution >= 4 is 17.3 Å². The molecular weight excluding hydrogens is 324 g/mol. The number of anilines is 1. The first-order valence-corrected chi connectivity index (χ1v) is 7.45. The molecule has 25 heavy (non-hydrogen) atoms. The molecule has 1 unspecified atom stereocenters. The van der Waals surface area contributed by atoms with Gasteiger partial charge in [-0.15, -0.1) is 5.10 Å². The van der Waals surface area contributed by atoms with Crippen molar-refractivity contribution in [3.63, 3.8) is 0 Å². The van der Waals surface area contributed by atoms with Crippen LogP contribution in [0.1, 0.15) is 22.2 Å². The van der Waals surface area contributed by atoms with Gasteiger partial charge in [-0.1, -0.05) is 23.4 Å². The van der Waals surface area contributed by atoms with Gasteiger partial charge in [-0.05, 0) is 18.2 Å². The van der Waals surface area contributed by atoms with Crippen molar-refractivity contribution in [3.05, 3.63) is 76.1 Å². The molecule has 2 N–H and O–H groups in total. The van der Waals surface area contributed by atoms with E-state index in [9.17, 15) is 14.9 Å². The molecule has 2 heterocycles. The Kier molecular flexibility index (Phi) is 3.38. The van der Waals surface area contributed by atoms with Crippen LogP contribution in [0.2, 0.25) is 0 Å². The molecule has 1 amide bonds. The van der Waals surface area contributed by atoms with E-state index in [2.05, 4.69) is 20.9 Å². The van der Waals surface area contributed by atoms with Gasteiger partial charge < -0.3 is 10.6 Å². The Morgan fingerprint density at radius 2 is 1.96 bits per heavy atom. The van der Waals surface area contributed by atoms with Gasteiger partial charge in [-0.25, -0.2) is 4.68 Å². The van der Waals surface area contributed by atoms with Gasteiger partial charge in [-0.3, -0.25) is 14.9 Å². The van der Waals surface area contributed by atoms with E-state index in [4.69, 9.17) is 0 Å². The Morgan fingerprint density at radius 1 is 1.12 bits per heavy atom. The molecule has 0 bridgehead atoms. The fourth-order valence-corrected chi connectivity index (χ4v) is 2.64. The van der Waals surface area contributed by atoms with Crippen LogP contribution in [0.3, 0.4) is 0 Å². The fraction of sp³-hybridized carbons (Fsp3) is 0.0625. The SMILES string of the molecule is O=C1NC(c2cn(-c3cccc([N+](=O)[O-])c3)nn2)Nc2ccccc21. The van der Waals surface area contributed by atoms with Crippen LogP contribution in [0.25, 0.3) is 5.69 Å². The van der Waals surface area contributed by atoms with Crippen LogP contribution in [0.15, 0.2) is 54.7 Å². The molecule has 9 nitrogen and oxygen atoms in total. The van der Waals surface area contributed by atoms with Crippen LogP contribution >= 0.6 is 0 Å². The number of nitrogens with zero attached hydrogens (tertiary/aromatic N) is 4. The third-order valence-electron chi connectivity index (χ3n) is 3.86. The molecule has 2 aromatic carbocycles. The topological polar surface area (TPSA) is 115 Å². The van der Waals surface area contributed by atoms with Crippen LogP contribution in [0, 0.1) is 10.1 Å². The molecular formula is C16H12N6O3. The van der Waals surface area contributed by atoms with E-state index in [0.717, 1.165) is 0 Å². The largest absolute Gasteiger partial charge is 0.360 e. The number of carbonyl (C=O) groups excluding carboxylic acids is 1. The molecule has 1 aliphatic rings. The highest BCUT2D eigenvalue weighted by Gasteiger charge is 2.26. The molecule has 1 aromatic heterocycles. The molecule has 0 spiro atoms. The number of benzene rings is 2. The number of fused-ring (bicyclic) bond motifs is 1. The van der Waals surface area contributed by atoms with Gasteiger partial charge in [0.2, 0.25) is 0 Å². The molecule has 0 saturated carbocycles. The monoisotopic (exact) mass is 336 g/mol. The summed E-state index contributed by atoms with van der Waals surface area (Å²) in [4.78, 5) is 22.6. The first kappa shape index (κ1) is 14.8. The average molecular weight is 336 g/mol. The molecule has 1 atom stereocenters. The number of hydrogen-bond donors (Lipinski definition) is 2. The van der Waals surface area contributed by atoms with E-state index < -0.39 is 11.1 Å². The van der Waals surface area contributed by atoms with Gasteiger partial charge >= 0.3 is 0 Å². The number of carbonyl (C=O) groups is 1. The minimum absolute atomic E-state index is 0.0347. The van der Waals surface area contributed by atoms with E-state index in [1.54, 1.807) is 30.5 Å². The first-order chi connectivity index (χ1) is 12.1. The number of non-ortho nitro benzene ring substituents is 1. The van der Waals surface area contributed by atoms with E-state index in [1.807, 2.05) is 12.1 Å². The molecule has 1 aliphatic heterocycles. The molecule has 0 saturated heterocycles. The molecule has 3 aromatic rings. The van der Waals surface area contributed by atoms with Gasteiger partial charge in [0.15, 0.2) is 0 Å². The normalized spacial score (nSPS) is 15.8. The van der Waals surface area contributed by atoms with Crippen molar-refractivity contribution in [1.82, 2.24) is 20.3 Å². The molecule has 0 fully saturated rings. The number of aromatic nitrogens is 3. The maximum Gasteiger partial charge on any atom is 0.271 e. The van der Waals surface area contributed by atoms with Crippen molar-refractivity contribution in [2.45, 2.75) is 6.17 Å². The molecule has 124 valence electrons. The molecule has 0 aliphatic carbocycles. The van der Waals surface area contributed by atoms with Gasteiger partial charge in [0, 0.05) is 17.8 Å². The Hall–Kier alpha value is -3.75. The number of para-hydroxylation sites is 1. The predicted molar refractivity (Wildman–Crippen MR) is 88.3 cm³/mol. The lowest BCUT2D eigenvalue weighted by atomic mass is 10.1. The summed E-state index contributed by atoms with van der Waals surface area (Å²) in [5.74, 6) is -0.204. The average Bonchev–Trinajstić information content (AvgIpc) is 3.12. The molecule has 9 heteroatoms. The standard InChI is InChI=1S/C16H12N6O3/c23-16-12-6-1-2-7-13(12)17-15(18-16)14-9-21(20-19-14)10-4-3-5-11(8-10)22(24)25/h1-9,15,17H,(H,18,23). The number of hydrogen-bond acceptors (Lipinski definition) is 6. The van der Waals surface area contributed by atoms with Gasteiger partial charge in [-0.2, -0.15) is 0 Å². The lowest BCUT2D eigenvalue weighted by Crippen LogP contribution is -2.38. The predicted octanol–water partition coefficient (Wildman–Crippen LogP) is 2.03. The highest BCUT2D eigenvalue weighted by Crippen LogP contribution is 2.25. The quantitative estimate of drug-likeness (QED) is 0.558. The first-order valence-electron chi connectivity index (χ1n) is 7.45. The number of nitro benzene ring substituents is 1. The maximum atomic E-state index is 12.2. The second kappa shape index (κ2) is 5.71. The summed E-state index contributed by atoms with van der Waals surface area (Å²) < 4.78 is 1.43. The second-order valence-corrected chi connectivity index (χ2v) is 5.46. The summed E-state index contributed by atoms with van der Waals surface area (Å²) in [6.45, 7) is 0. The Labute approximate surface area is 141 Å². The highest BCUT2D eigenvalue weighted by molar-refractivity contribution is 6.01. The zero-order valence-corrected chi connectivity index (χ0v) is 12.8. The Morgan fingerprint density at radius 3 is 2.80 bits per heavy atom. The summed E-state index contributed by atoms with van der Waals surface area (Å²) in [7, 11) is 0. The van der Waals surface area contributed by atoms with Crippen LogP contribution in [0.4, 0.5) is 11.4 Å². The summed E-state index contributed by atoms with van der Waals surface area (Å²) in [6, 6.07) is 13.2. The maximum absolute atomic E-state index is 12.2. The third kappa shape index (κ3) is 2.67. The van der Waals surface area contributed by atoms with Crippen molar-refractivity contribution in [3.8, 4) is 5.69 Å². The summed E-state index contributed by atoms with van der Waals surface area (Å²) in [5, 5.41) is 24.9. The summed E-state index contributed by atoms with van der Waals surface area (Å²) in [6.07, 6.45) is 1.08. The van der Waals surface area contributed by atoms with Crippen LogP contribution in [0.5, 0.6) is 0 Å². The van der Waals surface area contributed by atoms with Gasteiger partial charge in [0.1, 0.15) is 11.9 Å². The van der Waals surface area contributed by atoms with Crippen molar-refractivity contribution in [2.24, 2.45) is 0 Å². The number of rotatable bonds is 3. The number of amides is 1. The van der Waals surface area contributed by atoms with Gasteiger partial charge in [0.05, 0.1) is 22.4 Å². The van der Waals surface area contributed by atoms with Crippen LogP contribution in [-0.2, 0) is 0 Å². The summed E-state index contributed by atoms with van der Waals surface area (Å²) >= 11 is 0. The van der Waals surface area contributed by atoms with E-state index in [0.29, 0.717) is 22.6 Å². The van der Waals surface area contributed by atoms with Crippen LogP contribution in [-0.4, -0.2) is 25.8 Å². The van der Waals surface area contributed by atoms with E-state index >= 15 is 0 Å². The molecule has 0 radical (unpaired) electrons. The lowest BCUT2D eigenvalue weighted by Gasteiger charge is -2.26. The molecule has 4 rings (SSSR count). The smallest absolute Gasteiger partial charge is 0.271 e. The fourth-order valence-electron chi connectivity index (χ4n) is 2.64. The zero-order chi connectivity index (χ0) is 17.4. The van der Waals surface area contributed by atoms with Crippen LogP contribution < -0.4 is 10.6 Å². The Balaban J connectivity index is 1.63. The number of nitro groups is 1. The van der Waals surface area contributed by atoms with E-state index in [1.165, 1.54) is 16.8 Å². The highest BCUT2D eigenvalue weighted by atomic mass is 16.6. The Bertz CT molecular complexity index is 983. The van der Waals surface area contributed by atoms with Crippen molar-refractivity contribution in [1.29, 1.82) is 0 Å². The van der Waals surface area contributed by atoms with Crippen molar-refractivity contribution < 1.29 is 9.72 Å². The third-order valence-corrected chi connectivity index (χ3v) is 3.86.